The van der Waals surface area contributed by atoms with Crippen LogP contribution < -0.4 is 0 Å². The number of likely N-dealkylation sites (tertiary alicyclic amines) is 1. The van der Waals surface area contributed by atoms with Gasteiger partial charge in [0.15, 0.2) is 5.69 Å². The summed E-state index contributed by atoms with van der Waals surface area (Å²) in [4.78, 5) is 13.9. The number of tetrazole rings is 1. The monoisotopic (exact) mass is 341 g/mol. The van der Waals surface area contributed by atoms with Crippen LogP contribution in [0.25, 0.3) is 17.1 Å². The number of hydrogen-bond donors (Lipinski definition) is 1. The molecule has 1 fully saturated rings. The Morgan fingerprint density at radius 1 is 1.32 bits per heavy atom. The summed E-state index contributed by atoms with van der Waals surface area (Å²) in [6.45, 7) is 3.56. The second kappa shape index (κ2) is 5.47. The summed E-state index contributed by atoms with van der Waals surface area (Å²) in [5, 5.41) is 18.3. The van der Waals surface area contributed by atoms with Gasteiger partial charge in [-0.1, -0.05) is 12.1 Å². The third kappa shape index (κ3) is 2.77. The van der Waals surface area contributed by atoms with E-state index in [0.717, 1.165) is 16.9 Å². The maximum absolute atomic E-state index is 13.6. The highest BCUT2D eigenvalue weighted by Crippen LogP contribution is 2.26. The molecular formula is C16H16FN7O. The van der Waals surface area contributed by atoms with Crippen molar-refractivity contribution in [2.75, 3.05) is 13.1 Å². The van der Waals surface area contributed by atoms with Gasteiger partial charge in [-0.2, -0.15) is 10.3 Å². The van der Waals surface area contributed by atoms with Crippen LogP contribution in [0.4, 0.5) is 4.39 Å². The van der Waals surface area contributed by atoms with Gasteiger partial charge in [-0.25, -0.2) is 9.07 Å². The molecule has 4 rings (SSSR count). The summed E-state index contributed by atoms with van der Waals surface area (Å²) in [7, 11) is 0. The first-order valence-corrected chi connectivity index (χ1v) is 7.82. The van der Waals surface area contributed by atoms with Crippen molar-refractivity contribution >= 4 is 5.91 Å². The highest BCUT2D eigenvalue weighted by molar-refractivity contribution is 5.93. The van der Waals surface area contributed by atoms with Crippen molar-refractivity contribution in [2.24, 2.45) is 0 Å². The van der Waals surface area contributed by atoms with E-state index in [2.05, 4.69) is 25.7 Å². The van der Waals surface area contributed by atoms with Gasteiger partial charge in [0, 0.05) is 11.3 Å². The first kappa shape index (κ1) is 15.4. The number of aromatic amines is 1. The number of benzene rings is 1. The second-order valence-corrected chi connectivity index (χ2v) is 6.44. The van der Waals surface area contributed by atoms with Crippen molar-refractivity contribution in [1.82, 2.24) is 35.3 Å². The quantitative estimate of drug-likeness (QED) is 0.780. The van der Waals surface area contributed by atoms with Gasteiger partial charge in [-0.05, 0) is 37.3 Å². The average molecular weight is 341 g/mol. The number of hydrogen-bond acceptors (Lipinski definition) is 5. The van der Waals surface area contributed by atoms with Crippen molar-refractivity contribution in [3.05, 3.63) is 41.7 Å². The first-order chi connectivity index (χ1) is 11.9. The van der Waals surface area contributed by atoms with E-state index in [1.54, 1.807) is 10.7 Å². The minimum Gasteiger partial charge on any atom is -0.331 e. The van der Waals surface area contributed by atoms with Gasteiger partial charge in [0.25, 0.3) is 5.91 Å². The van der Waals surface area contributed by atoms with E-state index in [4.69, 9.17) is 0 Å². The fourth-order valence-corrected chi connectivity index (χ4v) is 2.96. The van der Waals surface area contributed by atoms with Gasteiger partial charge in [0.1, 0.15) is 5.67 Å². The molecule has 2 aromatic heterocycles. The van der Waals surface area contributed by atoms with E-state index in [0.29, 0.717) is 11.5 Å². The number of rotatable bonds is 3. The zero-order valence-electron chi connectivity index (χ0n) is 13.8. The highest BCUT2D eigenvalue weighted by Gasteiger charge is 2.42. The Morgan fingerprint density at radius 3 is 2.80 bits per heavy atom. The van der Waals surface area contributed by atoms with E-state index < -0.39 is 5.67 Å². The molecule has 0 unspecified atom stereocenters. The van der Waals surface area contributed by atoms with E-state index in [9.17, 15) is 9.18 Å². The number of amides is 1. The smallest absolute Gasteiger partial charge is 0.274 e. The highest BCUT2D eigenvalue weighted by atomic mass is 19.1. The summed E-state index contributed by atoms with van der Waals surface area (Å²) in [6, 6.07) is 9.16. The number of H-pyrrole nitrogens is 1. The molecule has 1 saturated heterocycles. The standard InChI is InChI=1S/C16H16FN7O/c1-10-6-13(15(25)23-8-16(2,17)9-23)20-24(10)12-5-3-4-11(7-12)14-18-21-22-19-14/h3-7H,8-9H2,1-2H3,(H,18,19,21,22). The Kier molecular flexibility index (Phi) is 3.38. The third-order valence-electron chi connectivity index (χ3n) is 4.13. The number of aryl methyl sites for hydroxylation is 1. The zero-order valence-corrected chi connectivity index (χ0v) is 13.8. The maximum Gasteiger partial charge on any atom is 0.274 e. The average Bonchev–Trinajstić information content (AvgIpc) is 3.21. The number of nitrogens with one attached hydrogen (secondary N) is 1. The van der Waals surface area contributed by atoms with Gasteiger partial charge in [-0.3, -0.25) is 4.79 Å². The summed E-state index contributed by atoms with van der Waals surface area (Å²) in [6.07, 6.45) is 0. The lowest BCUT2D eigenvalue weighted by Crippen LogP contribution is -2.59. The lowest BCUT2D eigenvalue weighted by Gasteiger charge is -2.41. The van der Waals surface area contributed by atoms with Crippen molar-refractivity contribution in [1.29, 1.82) is 0 Å². The van der Waals surface area contributed by atoms with Crippen LogP contribution in [0.1, 0.15) is 23.1 Å². The van der Waals surface area contributed by atoms with Crippen molar-refractivity contribution in [3.8, 4) is 17.1 Å². The molecule has 8 nitrogen and oxygen atoms in total. The minimum absolute atomic E-state index is 0.102. The molecule has 25 heavy (non-hydrogen) atoms. The van der Waals surface area contributed by atoms with Crippen LogP contribution in [-0.2, 0) is 0 Å². The summed E-state index contributed by atoms with van der Waals surface area (Å²) >= 11 is 0. The normalized spacial score (nSPS) is 15.9. The Morgan fingerprint density at radius 2 is 2.12 bits per heavy atom. The van der Waals surface area contributed by atoms with Crippen LogP contribution in [0, 0.1) is 6.92 Å². The SMILES string of the molecule is Cc1cc(C(=O)N2CC(C)(F)C2)nn1-c1cccc(-c2nn[nH]n2)c1. The van der Waals surface area contributed by atoms with Gasteiger partial charge in [0.05, 0.1) is 18.8 Å². The summed E-state index contributed by atoms with van der Waals surface area (Å²) < 4.78 is 15.3. The molecule has 0 spiro atoms. The third-order valence-corrected chi connectivity index (χ3v) is 4.13. The molecular weight excluding hydrogens is 325 g/mol. The summed E-state index contributed by atoms with van der Waals surface area (Å²) in [5.41, 5.74) is 1.37. The number of nitrogens with zero attached hydrogens (tertiary/aromatic N) is 6. The first-order valence-electron chi connectivity index (χ1n) is 7.82. The molecule has 1 aromatic carbocycles. The zero-order chi connectivity index (χ0) is 17.6. The Hall–Kier alpha value is -3.10. The molecule has 3 aromatic rings. The van der Waals surface area contributed by atoms with Gasteiger partial charge >= 0.3 is 0 Å². The Labute approximate surface area is 142 Å². The predicted octanol–water partition coefficient (Wildman–Crippen LogP) is 1.54. The number of carbonyl (C=O) groups is 1. The molecule has 1 aliphatic heterocycles. The predicted molar refractivity (Wildman–Crippen MR) is 86.9 cm³/mol. The fourth-order valence-electron chi connectivity index (χ4n) is 2.96. The number of alkyl halides is 1. The van der Waals surface area contributed by atoms with Crippen molar-refractivity contribution in [2.45, 2.75) is 19.5 Å². The number of aromatic nitrogens is 6. The molecule has 9 heteroatoms. The second-order valence-electron chi connectivity index (χ2n) is 6.44. The van der Waals surface area contributed by atoms with E-state index in [1.165, 1.54) is 11.8 Å². The molecule has 1 N–H and O–H groups in total. The van der Waals surface area contributed by atoms with Crippen LogP contribution >= 0.6 is 0 Å². The van der Waals surface area contributed by atoms with E-state index >= 15 is 0 Å². The topological polar surface area (TPSA) is 92.6 Å². The van der Waals surface area contributed by atoms with Crippen molar-refractivity contribution in [3.63, 3.8) is 0 Å². The van der Waals surface area contributed by atoms with E-state index in [1.807, 2.05) is 31.2 Å². The molecule has 0 bridgehead atoms. The Balaban J connectivity index is 1.63. The van der Waals surface area contributed by atoms with Crippen LogP contribution in [-0.4, -0.2) is 60.0 Å². The van der Waals surface area contributed by atoms with Gasteiger partial charge in [-0.15, -0.1) is 10.2 Å². The maximum atomic E-state index is 13.6. The summed E-state index contributed by atoms with van der Waals surface area (Å²) in [5.74, 6) is 0.220. The Bertz CT molecular complexity index is 924. The van der Waals surface area contributed by atoms with Crippen molar-refractivity contribution < 1.29 is 9.18 Å². The van der Waals surface area contributed by atoms with Gasteiger partial charge < -0.3 is 4.90 Å². The van der Waals surface area contributed by atoms with Gasteiger partial charge in [0.2, 0.25) is 5.82 Å². The molecule has 0 aliphatic carbocycles. The largest absolute Gasteiger partial charge is 0.331 e. The van der Waals surface area contributed by atoms with Crippen LogP contribution in [0.3, 0.4) is 0 Å². The number of carbonyl (C=O) groups excluding carboxylic acids is 1. The number of halogens is 1. The van der Waals surface area contributed by atoms with Crippen LogP contribution in [0.2, 0.25) is 0 Å². The molecule has 1 aliphatic rings. The molecule has 0 atom stereocenters. The minimum atomic E-state index is -1.30. The van der Waals surface area contributed by atoms with Crippen LogP contribution in [0.5, 0.6) is 0 Å². The molecule has 1 amide bonds. The lowest BCUT2D eigenvalue weighted by atomic mass is 9.99. The molecule has 128 valence electrons. The molecule has 0 radical (unpaired) electrons. The lowest BCUT2D eigenvalue weighted by molar-refractivity contribution is -0.00825. The molecule has 0 saturated carbocycles. The molecule has 3 heterocycles. The van der Waals surface area contributed by atoms with Crippen LogP contribution in [0.15, 0.2) is 30.3 Å². The van der Waals surface area contributed by atoms with E-state index in [-0.39, 0.29) is 19.0 Å². The fraction of sp³-hybridized carbons (Fsp3) is 0.312.